The summed E-state index contributed by atoms with van der Waals surface area (Å²) in [5.41, 5.74) is -0.981. The number of hydrogen-bond acceptors (Lipinski definition) is 5. The van der Waals surface area contributed by atoms with Gasteiger partial charge < -0.3 is 10.4 Å². The number of hydrogen-bond donors (Lipinski definition) is 2. The number of nitrogens with zero attached hydrogens (tertiary/aromatic N) is 2. The lowest BCUT2D eigenvalue weighted by atomic mass is 9.92. The van der Waals surface area contributed by atoms with E-state index in [4.69, 9.17) is 0 Å². The molecule has 3 rings (SSSR count). The van der Waals surface area contributed by atoms with Crippen LogP contribution in [0.15, 0.2) is 29.1 Å². The summed E-state index contributed by atoms with van der Waals surface area (Å²) >= 11 is 1.69. The molecule has 0 radical (unpaired) electrons. The second-order valence-corrected chi connectivity index (χ2v) is 7.37. The summed E-state index contributed by atoms with van der Waals surface area (Å²) in [5, 5.41) is 17.6. The first-order chi connectivity index (χ1) is 11.9. The molecule has 1 saturated heterocycles. The Hall–Kier alpha value is -2.35. The Kier molecular flexibility index (Phi) is 4.80. The summed E-state index contributed by atoms with van der Waals surface area (Å²) in [4.78, 5) is 36.4. The number of aryl methyl sites for hydroxylation is 1. The molecule has 2 heterocycles. The molecular formula is C17H19N3O4S. The molecule has 1 aromatic carbocycles. The van der Waals surface area contributed by atoms with Crippen LogP contribution in [-0.4, -0.2) is 43.8 Å². The first-order valence-electron chi connectivity index (χ1n) is 8.00. The van der Waals surface area contributed by atoms with E-state index in [9.17, 15) is 19.5 Å². The molecule has 0 saturated carbocycles. The van der Waals surface area contributed by atoms with Gasteiger partial charge in [-0.25, -0.2) is 9.48 Å². The number of nitrogens with one attached hydrogen (secondary N) is 1. The number of aliphatic carboxylic acids is 1. The summed E-state index contributed by atoms with van der Waals surface area (Å²) in [7, 11) is 1.53. The molecule has 7 nitrogen and oxygen atoms in total. The normalized spacial score (nSPS) is 16.5. The number of rotatable bonds is 4. The smallest absolute Gasteiger partial charge is 0.329 e. The van der Waals surface area contributed by atoms with Crippen LogP contribution in [0.1, 0.15) is 18.5 Å². The van der Waals surface area contributed by atoms with Crippen LogP contribution in [0.3, 0.4) is 0 Å². The molecule has 1 aliphatic heterocycles. The van der Waals surface area contributed by atoms with E-state index in [1.54, 1.807) is 36.0 Å². The van der Waals surface area contributed by atoms with Crippen molar-refractivity contribution in [2.45, 2.75) is 24.8 Å². The number of carboxylic acids is 1. The number of carbonyl (C=O) groups excluding carboxylic acids is 1. The number of benzene rings is 1. The van der Waals surface area contributed by atoms with E-state index in [1.165, 1.54) is 11.7 Å². The first-order valence-corrected chi connectivity index (χ1v) is 9.15. The molecule has 8 heteroatoms. The Morgan fingerprint density at radius 2 is 1.92 bits per heavy atom. The predicted octanol–water partition coefficient (Wildman–Crippen LogP) is 0.943. The van der Waals surface area contributed by atoms with Crippen molar-refractivity contribution in [1.29, 1.82) is 0 Å². The van der Waals surface area contributed by atoms with Crippen LogP contribution in [0.25, 0.3) is 10.8 Å². The SMILES string of the molecule is Cn1nc(CC(=O)NC2(C(=O)O)CCSCC2)c2ccccc2c1=O. The second-order valence-electron chi connectivity index (χ2n) is 6.15. The van der Waals surface area contributed by atoms with Crippen LogP contribution in [0.2, 0.25) is 0 Å². The Morgan fingerprint density at radius 1 is 1.28 bits per heavy atom. The third-order valence-electron chi connectivity index (χ3n) is 4.50. The van der Waals surface area contributed by atoms with Crippen LogP contribution in [0.5, 0.6) is 0 Å². The highest BCUT2D eigenvalue weighted by atomic mass is 32.2. The molecule has 1 aromatic heterocycles. The largest absolute Gasteiger partial charge is 0.480 e. The van der Waals surface area contributed by atoms with Gasteiger partial charge in [0.15, 0.2) is 0 Å². The lowest BCUT2D eigenvalue weighted by molar-refractivity contribution is -0.148. The molecule has 2 aromatic rings. The van der Waals surface area contributed by atoms with Crippen molar-refractivity contribution in [2.24, 2.45) is 7.05 Å². The predicted molar refractivity (Wildman–Crippen MR) is 95.8 cm³/mol. The maximum atomic E-state index is 12.5. The molecule has 1 amide bonds. The maximum absolute atomic E-state index is 12.5. The van der Waals surface area contributed by atoms with Gasteiger partial charge in [0.1, 0.15) is 5.54 Å². The van der Waals surface area contributed by atoms with E-state index >= 15 is 0 Å². The zero-order valence-electron chi connectivity index (χ0n) is 13.8. The molecule has 0 bridgehead atoms. The zero-order valence-corrected chi connectivity index (χ0v) is 14.6. The summed E-state index contributed by atoms with van der Waals surface area (Å²) < 4.78 is 1.20. The van der Waals surface area contributed by atoms with Crippen molar-refractivity contribution in [3.05, 3.63) is 40.3 Å². The van der Waals surface area contributed by atoms with Gasteiger partial charge in [0.25, 0.3) is 5.56 Å². The third kappa shape index (κ3) is 3.39. The molecule has 0 spiro atoms. The van der Waals surface area contributed by atoms with Crippen molar-refractivity contribution in [3.8, 4) is 0 Å². The minimum atomic E-state index is -1.21. The fourth-order valence-corrected chi connectivity index (χ4v) is 4.27. The minimum absolute atomic E-state index is 0.0726. The number of thioether (sulfide) groups is 1. The van der Waals surface area contributed by atoms with Crippen molar-refractivity contribution in [2.75, 3.05) is 11.5 Å². The molecule has 2 N–H and O–H groups in total. The highest BCUT2D eigenvalue weighted by Gasteiger charge is 2.41. The lowest BCUT2D eigenvalue weighted by Gasteiger charge is -2.33. The van der Waals surface area contributed by atoms with Crippen molar-refractivity contribution in [3.63, 3.8) is 0 Å². The quantitative estimate of drug-likeness (QED) is 0.841. The van der Waals surface area contributed by atoms with Gasteiger partial charge >= 0.3 is 5.97 Å². The van der Waals surface area contributed by atoms with E-state index < -0.39 is 17.4 Å². The number of aromatic nitrogens is 2. The van der Waals surface area contributed by atoms with E-state index in [1.807, 2.05) is 0 Å². The lowest BCUT2D eigenvalue weighted by Crippen LogP contribution is -2.57. The van der Waals surface area contributed by atoms with E-state index in [2.05, 4.69) is 10.4 Å². The van der Waals surface area contributed by atoms with E-state index in [-0.39, 0.29) is 12.0 Å². The minimum Gasteiger partial charge on any atom is -0.480 e. The van der Waals surface area contributed by atoms with Crippen LogP contribution in [-0.2, 0) is 23.1 Å². The molecule has 1 aliphatic rings. The summed E-state index contributed by atoms with van der Waals surface area (Å²) in [6.45, 7) is 0. The molecule has 0 aliphatic carbocycles. The fraction of sp³-hybridized carbons (Fsp3) is 0.412. The maximum Gasteiger partial charge on any atom is 0.329 e. The van der Waals surface area contributed by atoms with Crippen LogP contribution >= 0.6 is 11.8 Å². The standard InChI is InChI=1S/C17H19N3O4S/c1-20-15(22)12-5-3-2-4-11(12)13(19-20)10-14(21)18-17(16(23)24)6-8-25-9-7-17/h2-5H,6-10H2,1H3,(H,18,21)(H,23,24). The summed E-state index contributed by atoms with van der Waals surface area (Å²) in [5.74, 6) is 0.00585. The van der Waals surface area contributed by atoms with Crippen molar-refractivity contribution in [1.82, 2.24) is 15.1 Å². The van der Waals surface area contributed by atoms with Crippen molar-refractivity contribution < 1.29 is 14.7 Å². The van der Waals surface area contributed by atoms with Crippen LogP contribution < -0.4 is 10.9 Å². The summed E-state index contributed by atoms with van der Waals surface area (Å²) in [6, 6.07) is 6.98. The molecule has 0 unspecified atom stereocenters. The van der Waals surface area contributed by atoms with Crippen LogP contribution in [0, 0.1) is 0 Å². The second kappa shape index (κ2) is 6.87. The molecule has 25 heavy (non-hydrogen) atoms. The molecule has 1 fully saturated rings. The number of carbonyl (C=O) groups is 2. The van der Waals surface area contributed by atoms with Gasteiger partial charge in [-0.15, -0.1) is 0 Å². The Morgan fingerprint density at radius 3 is 2.56 bits per heavy atom. The highest BCUT2D eigenvalue weighted by Crippen LogP contribution is 2.27. The van der Waals surface area contributed by atoms with Crippen LogP contribution in [0.4, 0.5) is 0 Å². The van der Waals surface area contributed by atoms with Gasteiger partial charge in [0.05, 0.1) is 17.5 Å². The number of carboxylic acid groups (broad SMARTS) is 1. The van der Waals surface area contributed by atoms with Gasteiger partial charge in [-0.2, -0.15) is 16.9 Å². The van der Waals surface area contributed by atoms with E-state index in [0.717, 1.165) is 0 Å². The average molecular weight is 361 g/mol. The number of fused-ring (bicyclic) bond motifs is 1. The van der Waals surface area contributed by atoms with Gasteiger partial charge in [-0.05, 0) is 30.4 Å². The first kappa shape index (κ1) is 17.5. The Bertz CT molecular complexity index is 887. The topological polar surface area (TPSA) is 101 Å². The molecular weight excluding hydrogens is 342 g/mol. The van der Waals surface area contributed by atoms with Crippen molar-refractivity contribution >= 4 is 34.4 Å². The van der Waals surface area contributed by atoms with E-state index in [0.29, 0.717) is 40.8 Å². The zero-order chi connectivity index (χ0) is 18.0. The molecule has 0 atom stereocenters. The van der Waals surface area contributed by atoms with Gasteiger partial charge in [0.2, 0.25) is 5.91 Å². The average Bonchev–Trinajstić information content (AvgIpc) is 2.60. The van der Waals surface area contributed by atoms with Gasteiger partial charge in [-0.3, -0.25) is 9.59 Å². The van der Waals surface area contributed by atoms with Gasteiger partial charge in [0, 0.05) is 12.4 Å². The van der Waals surface area contributed by atoms with Gasteiger partial charge in [-0.1, -0.05) is 18.2 Å². The monoisotopic (exact) mass is 361 g/mol. The third-order valence-corrected chi connectivity index (χ3v) is 5.48. The highest BCUT2D eigenvalue weighted by molar-refractivity contribution is 7.99. The number of amides is 1. The Labute approximate surface area is 148 Å². The Balaban J connectivity index is 1.88. The summed E-state index contributed by atoms with van der Waals surface area (Å²) in [6.07, 6.45) is 0.733. The fourth-order valence-electron chi connectivity index (χ4n) is 3.08. The molecule has 132 valence electrons.